The Bertz CT molecular complexity index is 808. The summed E-state index contributed by atoms with van der Waals surface area (Å²) in [6.07, 6.45) is 0.0547. The highest BCUT2D eigenvalue weighted by Crippen LogP contribution is 2.24. The lowest BCUT2D eigenvalue weighted by Crippen LogP contribution is -2.06. The smallest absolute Gasteiger partial charge is 0.305 e. The summed E-state index contributed by atoms with van der Waals surface area (Å²) in [4.78, 5) is 20.0. The molecule has 3 rings (SSSR count). The highest BCUT2D eigenvalue weighted by atomic mass is 16.4. The van der Waals surface area contributed by atoms with E-state index in [0.29, 0.717) is 12.4 Å². The Morgan fingerprint density at radius 2 is 1.95 bits per heavy atom. The Kier molecular flexibility index (Phi) is 3.39. The second kappa shape index (κ2) is 5.36. The molecule has 0 spiro atoms. The second-order valence-corrected chi connectivity index (χ2v) is 4.88. The van der Waals surface area contributed by atoms with Crippen molar-refractivity contribution in [3.05, 3.63) is 48.2 Å². The molecule has 1 aromatic carbocycles. The normalized spacial score (nSPS) is 10.9. The molecule has 2 heterocycles. The van der Waals surface area contributed by atoms with Gasteiger partial charge in [0.05, 0.1) is 17.5 Å². The van der Waals surface area contributed by atoms with E-state index in [0.717, 1.165) is 22.4 Å². The van der Waals surface area contributed by atoms with Gasteiger partial charge in [0.25, 0.3) is 0 Å². The number of aromatic nitrogens is 3. The number of aliphatic carboxylic acids is 1. The van der Waals surface area contributed by atoms with Crippen molar-refractivity contribution in [3.8, 4) is 11.5 Å². The largest absolute Gasteiger partial charge is 0.481 e. The molecule has 0 saturated carbocycles. The monoisotopic (exact) mass is 281 g/mol. The van der Waals surface area contributed by atoms with E-state index in [2.05, 4.69) is 9.97 Å². The van der Waals surface area contributed by atoms with Crippen LogP contribution in [0, 0.1) is 6.92 Å². The summed E-state index contributed by atoms with van der Waals surface area (Å²) in [5, 5.41) is 8.94. The summed E-state index contributed by atoms with van der Waals surface area (Å²) in [5.41, 5.74) is 3.44. The lowest BCUT2D eigenvalue weighted by atomic mass is 10.3. The molecule has 0 atom stereocenters. The first kappa shape index (κ1) is 13.3. The van der Waals surface area contributed by atoms with Gasteiger partial charge in [-0.05, 0) is 31.2 Å². The first-order chi connectivity index (χ1) is 10.1. The number of hydrogen-bond acceptors (Lipinski definition) is 3. The minimum atomic E-state index is -0.823. The van der Waals surface area contributed by atoms with Crippen LogP contribution in [0.3, 0.4) is 0 Å². The van der Waals surface area contributed by atoms with E-state index < -0.39 is 5.97 Å². The number of imidazole rings is 1. The number of para-hydroxylation sites is 2. The fourth-order valence-electron chi connectivity index (χ4n) is 2.37. The molecule has 3 aromatic rings. The number of carboxylic acids is 1. The van der Waals surface area contributed by atoms with Gasteiger partial charge in [0.15, 0.2) is 5.82 Å². The lowest BCUT2D eigenvalue weighted by molar-refractivity contribution is -0.137. The van der Waals surface area contributed by atoms with Crippen molar-refractivity contribution in [3.63, 3.8) is 0 Å². The number of pyridine rings is 1. The molecular weight excluding hydrogens is 266 g/mol. The van der Waals surface area contributed by atoms with Crippen molar-refractivity contribution < 1.29 is 9.90 Å². The number of carboxylic acid groups (broad SMARTS) is 1. The maximum Gasteiger partial charge on any atom is 0.305 e. The van der Waals surface area contributed by atoms with E-state index in [1.54, 1.807) is 0 Å². The summed E-state index contributed by atoms with van der Waals surface area (Å²) in [6.45, 7) is 2.30. The fraction of sp³-hybridized carbons (Fsp3) is 0.188. The summed E-state index contributed by atoms with van der Waals surface area (Å²) >= 11 is 0. The zero-order chi connectivity index (χ0) is 14.8. The Hall–Kier alpha value is -2.69. The van der Waals surface area contributed by atoms with E-state index in [-0.39, 0.29) is 6.42 Å². The Morgan fingerprint density at radius 1 is 1.14 bits per heavy atom. The van der Waals surface area contributed by atoms with E-state index >= 15 is 0 Å². The third-order valence-corrected chi connectivity index (χ3v) is 3.32. The molecule has 0 bridgehead atoms. The van der Waals surface area contributed by atoms with E-state index in [1.165, 1.54) is 0 Å². The molecule has 0 aliphatic rings. The van der Waals surface area contributed by atoms with Crippen LogP contribution in [0.1, 0.15) is 12.1 Å². The highest BCUT2D eigenvalue weighted by Gasteiger charge is 2.14. The van der Waals surface area contributed by atoms with Crippen molar-refractivity contribution in [1.29, 1.82) is 0 Å². The molecule has 5 nitrogen and oxygen atoms in total. The number of carbonyl (C=O) groups is 1. The number of aryl methyl sites for hydroxylation is 2. The van der Waals surface area contributed by atoms with Gasteiger partial charge in [-0.15, -0.1) is 0 Å². The molecule has 0 radical (unpaired) electrons. The van der Waals surface area contributed by atoms with Crippen LogP contribution in [-0.2, 0) is 11.3 Å². The topological polar surface area (TPSA) is 68.0 Å². The molecular formula is C16H15N3O2. The number of hydrogen-bond donors (Lipinski definition) is 1. The molecule has 2 aromatic heterocycles. The number of nitrogens with zero attached hydrogens (tertiary/aromatic N) is 3. The van der Waals surface area contributed by atoms with Gasteiger partial charge in [-0.2, -0.15) is 0 Å². The van der Waals surface area contributed by atoms with Crippen LogP contribution in [0.2, 0.25) is 0 Å². The molecule has 0 amide bonds. The number of rotatable bonds is 4. The summed E-state index contributed by atoms with van der Waals surface area (Å²) in [7, 11) is 0. The van der Waals surface area contributed by atoms with Gasteiger partial charge in [-0.1, -0.05) is 18.2 Å². The predicted molar refractivity (Wildman–Crippen MR) is 80.0 cm³/mol. The number of fused-ring (bicyclic) bond motifs is 1. The number of benzene rings is 1. The molecule has 5 heteroatoms. The predicted octanol–water partition coefficient (Wildman–Crippen LogP) is 2.88. The average Bonchev–Trinajstić information content (AvgIpc) is 2.84. The third kappa shape index (κ3) is 2.63. The SMILES string of the molecule is Cc1cccc(-c2nc3ccccc3n2CCC(=O)O)n1. The molecule has 0 aliphatic heterocycles. The minimum absolute atomic E-state index is 0.0547. The van der Waals surface area contributed by atoms with Gasteiger partial charge in [0.2, 0.25) is 0 Å². The van der Waals surface area contributed by atoms with Crippen molar-refractivity contribution in [2.45, 2.75) is 19.9 Å². The quantitative estimate of drug-likeness (QED) is 0.798. The van der Waals surface area contributed by atoms with Crippen LogP contribution >= 0.6 is 0 Å². The van der Waals surface area contributed by atoms with Gasteiger partial charge in [0, 0.05) is 12.2 Å². The van der Waals surface area contributed by atoms with Gasteiger partial charge in [0.1, 0.15) is 5.69 Å². The van der Waals surface area contributed by atoms with Crippen LogP contribution in [0.25, 0.3) is 22.6 Å². The van der Waals surface area contributed by atoms with Crippen LogP contribution in [0.15, 0.2) is 42.5 Å². The highest BCUT2D eigenvalue weighted by molar-refractivity contribution is 5.80. The van der Waals surface area contributed by atoms with Crippen LogP contribution in [-0.4, -0.2) is 25.6 Å². The molecule has 106 valence electrons. The minimum Gasteiger partial charge on any atom is -0.481 e. The van der Waals surface area contributed by atoms with Crippen molar-refractivity contribution in [2.75, 3.05) is 0 Å². The second-order valence-electron chi connectivity index (χ2n) is 4.88. The summed E-state index contributed by atoms with van der Waals surface area (Å²) in [6, 6.07) is 13.5. The molecule has 0 saturated heterocycles. The van der Waals surface area contributed by atoms with E-state index in [1.807, 2.05) is 54.0 Å². The Morgan fingerprint density at radius 3 is 2.71 bits per heavy atom. The third-order valence-electron chi connectivity index (χ3n) is 3.32. The average molecular weight is 281 g/mol. The van der Waals surface area contributed by atoms with Crippen LogP contribution in [0.5, 0.6) is 0 Å². The first-order valence-electron chi connectivity index (χ1n) is 6.76. The molecule has 0 fully saturated rings. The molecule has 0 unspecified atom stereocenters. The van der Waals surface area contributed by atoms with Crippen molar-refractivity contribution in [1.82, 2.24) is 14.5 Å². The molecule has 0 aliphatic carbocycles. The van der Waals surface area contributed by atoms with Gasteiger partial charge in [-0.3, -0.25) is 4.79 Å². The van der Waals surface area contributed by atoms with Crippen molar-refractivity contribution >= 4 is 17.0 Å². The zero-order valence-corrected chi connectivity index (χ0v) is 11.7. The van der Waals surface area contributed by atoms with Gasteiger partial charge < -0.3 is 9.67 Å². The first-order valence-corrected chi connectivity index (χ1v) is 6.76. The summed E-state index contributed by atoms with van der Waals surface area (Å²) in [5.74, 6) is -0.114. The summed E-state index contributed by atoms with van der Waals surface area (Å²) < 4.78 is 1.92. The zero-order valence-electron chi connectivity index (χ0n) is 11.7. The molecule has 21 heavy (non-hydrogen) atoms. The maximum atomic E-state index is 10.9. The van der Waals surface area contributed by atoms with Gasteiger partial charge in [-0.25, -0.2) is 9.97 Å². The Labute approximate surface area is 121 Å². The van der Waals surface area contributed by atoms with E-state index in [9.17, 15) is 4.79 Å². The van der Waals surface area contributed by atoms with Crippen molar-refractivity contribution in [2.24, 2.45) is 0 Å². The molecule has 1 N–H and O–H groups in total. The van der Waals surface area contributed by atoms with Crippen LogP contribution in [0.4, 0.5) is 0 Å². The Balaban J connectivity index is 2.16. The maximum absolute atomic E-state index is 10.9. The standard InChI is InChI=1S/C16H15N3O2/c1-11-5-4-7-13(17-11)16-18-12-6-2-3-8-14(12)19(16)10-9-15(20)21/h2-8H,9-10H2,1H3,(H,20,21). The fourth-order valence-corrected chi connectivity index (χ4v) is 2.37. The lowest BCUT2D eigenvalue weighted by Gasteiger charge is -2.07. The van der Waals surface area contributed by atoms with Crippen LogP contribution < -0.4 is 0 Å². The van der Waals surface area contributed by atoms with Gasteiger partial charge >= 0.3 is 5.97 Å². The van der Waals surface area contributed by atoms with E-state index in [4.69, 9.17) is 5.11 Å².